The summed E-state index contributed by atoms with van der Waals surface area (Å²) < 4.78 is 5.40. The first-order valence-electron chi connectivity index (χ1n) is 6.53. The minimum absolute atomic E-state index is 0.199. The topological polar surface area (TPSA) is 29.5 Å². The summed E-state index contributed by atoms with van der Waals surface area (Å²) in [6.07, 6.45) is 3.07. The van der Waals surface area contributed by atoms with E-state index >= 15 is 0 Å². The second-order valence-corrected chi connectivity index (χ2v) is 4.69. The molecule has 1 aromatic carbocycles. The third-order valence-electron chi connectivity index (χ3n) is 3.18. The smallest absolute Gasteiger partial charge is 0.119 e. The quantitative estimate of drug-likeness (QED) is 0.786. The lowest BCUT2D eigenvalue weighted by Gasteiger charge is -2.14. The van der Waals surface area contributed by atoms with Gasteiger partial charge in [-0.05, 0) is 56.7 Å². The third kappa shape index (κ3) is 5.22. The van der Waals surface area contributed by atoms with Crippen LogP contribution in [0.25, 0.3) is 0 Å². The van der Waals surface area contributed by atoms with E-state index < -0.39 is 0 Å². The third-order valence-corrected chi connectivity index (χ3v) is 3.18. The van der Waals surface area contributed by atoms with Crippen LogP contribution >= 0.6 is 0 Å². The Bertz CT molecular complexity index is 303. The van der Waals surface area contributed by atoms with Crippen LogP contribution in [-0.4, -0.2) is 17.8 Å². The van der Waals surface area contributed by atoms with Crippen LogP contribution < -0.4 is 4.74 Å². The maximum Gasteiger partial charge on any atom is 0.119 e. The van der Waals surface area contributed by atoms with E-state index in [-0.39, 0.29) is 6.10 Å². The summed E-state index contributed by atoms with van der Waals surface area (Å²) in [5, 5.41) is 9.40. The Labute approximate surface area is 105 Å². The summed E-state index contributed by atoms with van der Waals surface area (Å²) in [6.45, 7) is 6.67. The summed E-state index contributed by atoms with van der Waals surface area (Å²) in [5.41, 5.74) is 1.34. The molecule has 0 amide bonds. The fourth-order valence-electron chi connectivity index (χ4n) is 1.79. The highest BCUT2D eigenvalue weighted by molar-refractivity contribution is 5.27. The van der Waals surface area contributed by atoms with Crippen molar-refractivity contribution in [1.82, 2.24) is 0 Å². The Morgan fingerprint density at radius 2 is 1.82 bits per heavy atom. The summed E-state index contributed by atoms with van der Waals surface area (Å²) in [5.74, 6) is 1.33. The van der Waals surface area contributed by atoms with Crippen molar-refractivity contribution in [3.05, 3.63) is 29.8 Å². The van der Waals surface area contributed by atoms with E-state index in [2.05, 4.69) is 19.1 Å². The van der Waals surface area contributed by atoms with Gasteiger partial charge < -0.3 is 9.84 Å². The molecule has 0 aliphatic carbocycles. The fourth-order valence-corrected chi connectivity index (χ4v) is 1.79. The standard InChI is InChI=1S/C15H24O2/c1-4-17-15-10-8-14(9-11-15)7-5-6-12(2)13(3)16/h8-13,16H,4-7H2,1-3H3/t12-,13-/m1/s1. The number of hydrogen-bond acceptors (Lipinski definition) is 2. The second-order valence-electron chi connectivity index (χ2n) is 4.69. The predicted octanol–water partition coefficient (Wildman–Crippen LogP) is 3.42. The number of ether oxygens (including phenoxy) is 1. The number of aryl methyl sites for hydroxylation is 1. The fraction of sp³-hybridized carbons (Fsp3) is 0.600. The van der Waals surface area contributed by atoms with E-state index in [1.165, 1.54) is 5.56 Å². The molecule has 0 spiro atoms. The van der Waals surface area contributed by atoms with E-state index in [4.69, 9.17) is 4.74 Å². The molecule has 0 aromatic heterocycles. The first kappa shape index (κ1) is 14.0. The molecule has 2 atom stereocenters. The normalized spacial score (nSPS) is 14.4. The van der Waals surface area contributed by atoms with Crippen LogP contribution in [0.15, 0.2) is 24.3 Å². The Hall–Kier alpha value is -1.02. The minimum atomic E-state index is -0.199. The second kappa shape index (κ2) is 7.33. The van der Waals surface area contributed by atoms with Gasteiger partial charge in [0.2, 0.25) is 0 Å². The van der Waals surface area contributed by atoms with Crippen molar-refractivity contribution in [1.29, 1.82) is 0 Å². The van der Waals surface area contributed by atoms with Crippen molar-refractivity contribution in [2.75, 3.05) is 6.61 Å². The Morgan fingerprint density at radius 3 is 2.35 bits per heavy atom. The Morgan fingerprint density at radius 1 is 1.18 bits per heavy atom. The molecule has 0 aliphatic rings. The van der Waals surface area contributed by atoms with Gasteiger partial charge in [0.1, 0.15) is 5.75 Å². The molecule has 0 aliphatic heterocycles. The van der Waals surface area contributed by atoms with Crippen LogP contribution in [0.3, 0.4) is 0 Å². The Kier molecular flexibility index (Phi) is 6.06. The van der Waals surface area contributed by atoms with Crippen LogP contribution in [0.1, 0.15) is 39.2 Å². The van der Waals surface area contributed by atoms with Crippen LogP contribution in [0.4, 0.5) is 0 Å². The first-order valence-corrected chi connectivity index (χ1v) is 6.53. The molecule has 96 valence electrons. The first-order chi connectivity index (χ1) is 8.13. The molecule has 2 heteroatoms. The van der Waals surface area contributed by atoms with Gasteiger partial charge in [-0.25, -0.2) is 0 Å². The van der Waals surface area contributed by atoms with Gasteiger partial charge in [-0.15, -0.1) is 0 Å². The molecule has 17 heavy (non-hydrogen) atoms. The van der Waals surface area contributed by atoms with Crippen molar-refractivity contribution < 1.29 is 9.84 Å². The monoisotopic (exact) mass is 236 g/mol. The zero-order valence-corrected chi connectivity index (χ0v) is 11.1. The molecule has 1 aromatic rings. The number of aliphatic hydroxyl groups excluding tert-OH is 1. The van der Waals surface area contributed by atoms with Crippen molar-refractivity contribution in [2.24, 2.45) is 5.92 Å². The average Bonchev–Trinajstić information content (AvgIpc) is 2.31. The molecule has 0 saturated heterocycles. The van der Waals surface area contributed by atoms with Crippen molar-refractivity contribution in [2.45, 2.75) is 46.1 Å². The minimum Gasteiger partial charge on any atom is -0.494 e. The number of aliphatic hydroxyl groups is 1. The highest BCUT2D eigenvalue weighted by atomic mass is 16.5. The Balaban J connectivity index is 2.32. The molecule has 0 bridgehead atoms. The van der Waals surface area contributed by atoms with E-state index in [0.717, 1.165) is 25.0 Å². The summed E-state index contributed by atoms with van der Waals surface area (Å²) in [7, 11) is 0. The lowest BCUT2D eigenvalue weighted by atomic mass is 9.97. The molecule has 0 radical (unpaired) electrons. The molecular formula is C15H24O2. The largest absolute Gasteiger partial charge is 0.494 e. The van der Waals surface area contributed by atoms with E-state index in [0.29, 0.717) is 12.5 Å². The van der Waals surface area contributed by atoms with Gasteiger partial charge in [-0.2, -0.15) is 0 Å². The predicted molar refractivity (Wildman–Crippen MR) is 71.4 cm³/mol. The van der Waals surface area contributed by atoms with E-state index in [9.17, 15) is 5.11 Å². The van der Waals surface area contributed by atoms with Gasteiger partial charge in [0.25, 0.3) is 0 Å². The number of benzene rings is 1. The van der Waals surface area contributed by atoms with Gasteiger partial charge in [0, 0.05) is 0 Å². The van der Waals surface area contributed by atoms with Crippen molar-refractivity contribution in [3.63, 3.8) is 0 Å². The molecule has 0 fully saturated rings. The molecule has 0 saturated carbocycles. The lowest BCUT2D eigenvalue weighted by Crippen LogP contribution is -2.12. The number of rotatable bonds is 7. The highest BCUT2D eigenvalue weighted by Gasteiger charge is 2.07. The molecule has 0 heterocycles. The van der Waals surface area contributed by atoms with Gasteiger partial charge in [0.15, 0.2) is 0 Å². The van der Waals surface area contributed by atoms with Crippen LogP contribution in [-0.2, 0) is 6.42 Å². The van der Waals surface area contributed by atoms with Crippen molar-refractivity contribution in [3.8, 4) is 5.75 Å². The van der Waals surface area contributed by atoms with Crippen LogP contribution in [0.2, 0.25) is 0 Å². The molecule has 1 N–H and O–H groups in total. The van der Waals surface area contributed by atoms with Crippen LogP contribution in [0, 0.1) is 5.92 Å². The lowest BCUT2D eigenvalue weighted by molar-refractivity contribution is 0.129. The molecule has 0 unspecified atom stereocenters. The average molecular weight is 236 g/mol. The van der Waals surface area contributed by atoms with Crippen molar-refractivity contribution >= 4 is 0 Å². The van der Waals surface area contributed by atoms with Gasteiger partial charge in [-0.1, -0.05) is 19.1 Å². The summed E-state index contributed by atoms with van der Waals surface area (Å²) in [6, 6.07) is 8.30. The summed E-state index contributed by atoms with van der Waals surface area (Å²) in [4.78, 5) is 0. The van der Waals surface area contributed by atoms with Gasteiger partial charge in [-0.3, -0.25) is 0 Å². The zero-order chi connectivity index (χ0) is 12.7. The van der Waals surface area contributed by atoms with Crippen LogP contribution in [0.5, 0.6) is 5.75 Å². The highest BCUT2D eigenvalue weighted by Crippen LogP contribution is 2.16. The molecule has 1 rings (SSSR count). The van der Waals surface area contributed by atoms with E-state index in [1.54, 1.807) is 0 Å². The van der Waals surface area contributed by atoms with E-state index in [1.807, 2.05) is 26.0 Å². The van der Waals surface area contributed by atoms with Gasteiger partial charge in [0.05, 0.1) is 12.7 Å². The summed E-state index contributed by atoms with van der Waals surface area (Å²) >= 11 is 0. The molecule has 2 nitrogen and oxygen atoms in total. The zero-order valence-electron chi connectivity index (χ0n) is 11.1. The maximum absolute atomic E-state index is 9.40. The molecular weight excluding hydrogens is 212 g/mol. The maximum atomic E-state index is 9.40. The number of hydrogen-bond donors (Lipinski definition) is 1. The van der Waals surface area contributed by atoms with Gasteiger partial charge >= 0.3 is 0 Å². The SMILES string of the molecule is CCOc1ccc(CCC[C@@H](C)[C@@H](C)O)cc1.